The van der Waals surface area contributed by atoms with Gasteiger partial charge in [-0.05, 0) is 29.8 Å². The number of allylic oxidation sites excluding steroid dienone is 1. The van der Waals surface area contributed by atoms with E-state index in [0.717, 1.165) is 5.56 Å². The minimum absolute atomic E-state index is 0.224. The van der Waals surface area contributed by atoms with Crippen molar-refractivity contribution in [3.05, 3.63) is 71.2 Å². The fourth-order valence-electron chi connectivity index (χ4n) is 1.86. The van der Waals surface area contributed by atoms with E-state index < -0.39 is 5.82 Å². The zero-order valence-electron chi connectivity index (χ0n) is 9.39. The number of ether oxygens (including phenoxy) is 1. The molecule has 0 atom stereocenters. The van der Waals surface area contributed by atoms with E-state index in [1.54, 1.807) is 6.08 Å². The molecule has 1 aliphatic rings. The van der Waals surface area contributed by atoms with Gasteiger partial charge in [-0.2, -0.15) is 0 Å². The second kappa shape index (κ2) is 4.11. The summed E-state index contributed by atoms with van der Waals surface area (Å²) >= 11 is 0. The van der Waals surface area contributed by atoms with E-state index in [1.807, 2.05) is 30.3 Å². The Bertz CT molecular complexity index is 645. The van der Waals surface area contributed by atoms with Crippen LogP contribution >= 0.6 is 0 Å². The number of ketones is 1. The first-order valence-corrected chi connectivity index (χ1v) is 5.53. The molecule has 2 nitrogen and oxygen atoms in total. The van der Waals surface area contributed by atoms with Crippen molar-refractivity contribution in [3.8, 4) is 5.75 Å². The Morgan fingerprint density at radius 1 is 1.06 bits per heavy atom. The quantitative estimate of drug-likeness (QED) is 0.714. The Kier molecular flexibility index (Phi) is 2.45. The summed E-state index contributed by atoms with van der Waals surface area (Å²) in [5.74, 6) is -0.0922. The lowest BCUT2D eigenvalue weighted by Crippen LogP contribution is -1.98. The molecule has 3 rings (SSSR count). The van der Waals surface area contributed by atoms with Gasteiger partial charge < -0.3 is 4.74 Å². The Hall–Kier alpha value is -2.42. The smallest absolute Gasteiger partial charge is 0.232 e. The highest BCUT2D eigenvalue weighted by Crippen LogP contribution is 2.32. The SMILES string of the molecule is O=C1/C(=C\c2ccccc2)Oc2ccc(F)cc21. The number of carbonyl (C=O) groups is 1. The fraction of sp³-hybridized carbons (Fsp3) is 0. The van der Waals surface area contributed by atoms with E-state index in [4.69, 9.17) is 4.74 Å². The third kappa shape index (κ3) is 1.80. The number of rotatable bonds is 1. The summed E-state index contributed by atoms with van der Waals surface area (Å²) in [5.41, 5.74) is 1.14. The maximum Gasteiger partial charge on any atom is 0.232 e. The number of Topliss-reactive ketones (excluding diaryl/α,β-unsaturated/α-hetero) is 1. The first-order chi connectivity index (χ1) is 8.74. The van der Waals surface area contributed by atoms with Gasteiger partial charge >= 0.3 is 0 Å². The molecule has 0 fully saturated rings. The summed E-state index contributed by atoms with van der Waals surface area (Å²) in [6.07, 6.45) is 1.65. The van der Waals surface area contributed by atoms with Crippen LogP contribution in [-0.4, -0.2) is 5.78 Å². The summed E-state index contributed by atoms with van der Waals surface area (Å²) in [7, 11) is 0. The highest BCUT2D eigenvalue weighted by Gasteiger charge is 2.27. The molecular formula is C15H9FO2. The van der Waals surface area contributed by atoms with Crippen molar-refractivity contribution < 1.29 is 13.9 Å². The van der Waals surface area contributed by atoms with Gasteiger partial charge in [-0.1, -0.05) is 30.3 Å². The third-order valence-corrected chi connectivity index (χ3v) is 2.73. The molecule has 0 aliphatic carbocycles. The minimum Gasteiger partial charge on any atom is -0.452 e. The summed E-state index contributed by atoms with van der Waals surface area (Å²) < 4.78 is 18.5. The maximum atomic E-state index is 13.1. The molecular weight excluding hydrogens is 231 g/mol. The van der Waals surface area contributed by atoms with Crippen molar-refractivity contribution >= 4 is 11.9 Å². The molecule has 0 unspecified atom stereocenters. The predicted molar refractivity (Wildman–Crippen MR) is 65.8 cm³/mol. The van der Waals surface area contributed by atoms with E-state index in [9.17, 15) is 9.18 Å². The zero-order chi connectivity index (χ0) is 12.5. The van der Waals surface area contributed by atoms with Gasteiger partial charge in [0.1, 0.15) is 11.6 Å². The van der Waals surface area contributed by atoms with Crippen LogP contribution < -0.4 is 4.74 Å². The van der Waals surface area contributed by atoms with Crippen LogP contribution in [0.25, 0.3) is 6.08 Å². The first kappa shape index (κ1) is 10.7. The van der Waals surface area contributed by atoms with Crippen LogP contribution in [0.15, 0.2) is 54.3 Å². The third-order valence-electron chi connectivity index (χ3n) is 2.73. The molecule has 0 N–H and O–H groups in total. The highest BCUT2D eigenvalue weighted by molar-refractivity contribution is 6.14. The van der Waals surface area contributed by atoms with E-state index in [2.05, 4.69) is 0 Å². The summed E-state index contributed by atoms with van der Waals surface area (Å²) in [6.45, 7) is 0. The fourth-order valence-corrected chi connectivity index (χ4v) is 1.86. The second-order valence-electron chi connectivity index (χ2n) is 3.99. The van der Waals surface area contributed by atoms with E-state index in [0.29, 0.717) is 5.75 Å². The predicted octanol–water partition coefficient (Wildman–Crippen LogP) is 3.44. The van der Waals surface area contributed by atoms with Gasteiger partial charge in [0, 0.05) is 0 Å². The van der Waals surface area contributed by atoms with Crippen molar-refractivity contribution in [1.82, 2.24) is 0 Å². The molecule has 0 amide bonds. The standard InChI is InChI=1S/C15H9FO2/c16-11-6-7-13-12(9-11)15(17)14(18-13)8-10-4-2-1-3-5-10/h1-9H/b14-8+. The van der Waals surface area contributed by atoms with Crippen LogP contribution in [0.5, 0.6) is 5.75 Å². The number of benzene rings is 2. The molecule has 2 aromatic carbocycles. The molecule has 1 aliphatic heterocycles. The lowest BCUT2D eigenvalue weighted by molar-refractivity contribution is 0.101. The van der Waals surface area contributed by atoms with Gasteiger partial charge in [-0.15, -0.1) is 0 Å². The van der Waals surface area contributed by atoms with Crippen molar-refractivity contribution in [1.29, 1.82) is 0 Å². The second-order valence-corrected chi connectivity index (χ2v) is 3.99. The van der Waals surface area contributed by atoms with Crippen LogP contribution in [0.2, 0.25) is 0 Å². The molecule has 88 valence electrons. The Balaban J connectivity index is 2.00. The molecule has 0 radical (unpaired) electrons. The number of carbonyl (C=O) groups excluding carboxylic acids is 1. The van der Waals surface area contributed by atoms with Crippen molar-refractivity contribution in [3.63, 3.8) is 0 Å². The highest BCUT2D eigenvalue weighted by atomic mass is 19.1. The van der Waals surface area contributed by atoms with Crippen LogP contribution in [0.4, 0.5) is 4.39 Å². The molecule has 0 saturated carbocycles. The van der Waals surface area contributed by atoms with Crippen LogP contribution in [0.3, 0.4) is 0 Å². The van der Waals surface area contributed by atoms with Crippen molar-refractivity contribution in [2.24, 2.45) is 0 Å². The monoisotopic (exact) mass is 240 g/mol. The van der Waals surface area contributed by atoms with E-state index in [-0.39, 0.29) is 17.1 Å². The van der Waals surface area contributed by atoms with Gasteiger partial charge in [0.25, 0.3) is 0 Å². The minimum atomic E-state index is -0.438. The van der Waals surface area contributed by atoms with Crippen molar-refractivity contribution in [2.45, 2.75) is 0 Å². The molecule has 1 heterocycles. The average Bonchev–Trinajstić information content (AvgIpc) is 2.68. The molecule has 3 heteroatoms. The molecule has 18 heavy (non-hydrogen) atoms. The molecule has 0 aromatic heterocycles. The van der Waals surface area contributed by atoms with E-state index >= 15 is 0 Å². The van der Waals surface area contributed by atoms with Gasteiger partial charge in [0.2, 0.25) is 5.78 Å². The van der Waals surface area contributed by atoms with Crippen LogP contribution in [-0.2, 0) is 0 Å². The topological polar surface area (TPSA) is 26.3 Å². The Morgan fingerprint density at radius 3 is 2.61 bits per heavy atom. The number of hydrogen-bond donors (Lipinski definition) is 0. The summed E-state index contributed by atoms with van der Waals surface area (Å²) in [4.78, 5) is 12.0. The Morgan fingerprint density at radius 2 is 1.83 bits per heavy atom. The largest absolute Gasteiger partial charge is 0.452 e. The molecule has 0 bridgehead atoms. The lowest BCUT2D eigenvalue weighted by atomic mass is 10.1. The van der Waals surface area contributed by atoms with E-state index in [1.165, 1.54) is 18.2 Å². The molecule has 2 aromatic rings. The van der Waals surface area contributed by atoms with Crippen LogP contribution in [0, 0.1) is 5.82 Å². The van der Waals surface area contributed by atoms with Crippen LogP contribution in [0.1, 0.15) is 15.9 Å². The molecule has 0 saturated heterocycles. The number of halogens is 1. The van der Waals surface area contributed by atoms with Crippen molar-refractivity contribution in [2.75, 3.05) is 0 Å². The van der Waals surface area contributed by atoms with Gasteiger partial charge in [-0.3, -0.25) is 4.79 Å². The van der Waals surface area contributed by atoms with Gasteiger partial charge in [0.05, 0.1) is 5.56 Å². The number of fused-ring (bicyclic) bond motifs is 1. The first-order valence-electron chi connectivity index (χ1n) is 5.53. The molecule has 0 spiro atoms. The zero-order valence-corrected chi connectivity index (χ0v) is 9.39. The Labute approximate surface area is 103 Å². The maximum absolute atomic E-state index is 13.1. The summed E-state index contributed by atoms with van der Waals surface area (Å²) in [6, 6.07) is 13.3. The number of hydrogen-bond acceptors (Lipinski definition) is 2. The average molecular weight is 240 g/mol. The lowest BCUT2D eigenvalue weighted by Gasteiger charge is -1.97. The van der Waals surface area contributed by atoms with Gasteiger partial charge in [0.15, 0.2) is 5.76 Å². The normalized spacial score (nSPS) is 15.6. The van der Waals surface area contributed by atoms with Gasteiger partial charge in [-0.25, -0.2) is 4.39 Å². The summed E-state index contributed by atoms with van der Waals surface area (Å²) in [5, 5.41) is 0.